The Bertz CT molecular complexity index is 313. The van der Waals surface area contributed by atoms with Crippen molar-refractivity contribution < 1.29 is 14.0 Å². The number of carbonyl (C=O) groups excluding carboxylic acids is 1. The minimum Gasteiger partial charge on any atom is -0.456 e. The molecule has 0 aliphatic carbocycles. The van der Waals surface area contributed by atoms with Crippen molar-refractivity contribution in [1.29, 1.82) is 0 Å². The van der Waals surface area contributed by atoms with Gasteiger partial charge in [-0.1, -0.05) is 0 Å². The number of quaternary nitrogens is 1. The molecule has 0 aromatic rings. The van der Waals surface area contributed by atoms with Crippen LogP contribution in [-0.4, -0.2) is 63.2 Å². The van der Waals surface area contributed by atoms with E-state index in [0.717, 1.165) is 11.0 Å². The van der Waals surface area contributed by atoms with Crippen molar-refractivity contribution in [3.63, 3.8) is 0 Å². The second kappa shape index (κ2) is 5.16. The third-order valence-corrected chi connectivity index (χ3v) is 2.32. The van der Waals surface area contributed by atoms with Crippen LogP contribution in [0.1, 0.15) is 0 Å². The van der Waals surface area contributed by atoms with Gasteiger partial charge >= 0.3 is 5.97 Å². The highest BCUT2D eigenvalue weighted by Gasteiger charge is 2.15. The Morgan fingerprint density at radius 1 is 1.50 bits per heavy atom. The maximum absolute atomic E-state index is 11.7. The van der Waals surface area contributed by atoms with E-state index < -0.39 is 0 Å². The lowest BCUT2D eigenvalue weighted by molar-refractivity contribution is -0.870. The Morgan fingerprint density at radius 3 is 2.75 bits per heavy atom. The molecule has 1 aliphatic rings. The van der Waals surface area contributed by atoms with Crippen molar-refractivity contribution in [3.05, 3.63) is 23.9 Å². The van der Waals surface area contributed by atoms with Crippen molar-refractivity contribution in [2.45, 2.75) is 0 Å². The first-order valence-corrected chi connectivity index (χ1v) is 5.44. The SMILES string of the molecule is CN1C=CC=C(C(=O)OCC[N+](C)(C)C)C1. The molecule has 0 atom stereocenters. The summed E-state index contributed by atoms with van der Waals surface area (Å²) in [5.41, 5.74) is 0.714. The largest absolute Gasteiger partial charge is 0.456 e. The first kappa shape index (κ1) is 12.8. The summed E-state index contributed by atoms with van der Waals surface area (Å²) in [4.78, 5) is 13.6. The lowest BCUT2D eigenvalue weighted by Gasteiger charge is -2.24. The molecule has 16 heavy (non-hydrogen) atoms. The molecule has 0 aromatic heterocycles. The highest BCUT2D eigenvalue weighted by atomic mass is 16.5. The van der Waals surface area contributed by atoms with Crippen LogP contribution < -0.4 is 0 Å². The summed E-state index contributed by atoms with van der Waals surface area (Å²) in [7, 11) is 8.15. The molecule has 0 radical (unpaired) electrons. The van der Waals surface area contributed by atoms with E-state index >= 15 is 0 Å². The Labute approximate surface area is 97.4 Å². The molecule has 0 amide bonds. The van der Waals surface area contributed by atoms with Crippen LogP contribution in [0, 0.1) is 0 Å². The van der Waals surface area contributed by atoms with E-state index in [0.29, 0.717) is 18.7 Å². The lowest BCUT2D eigenvalue weighted by atomic mass is 10.2. The second-order valence-electron chi connectivity index (χ2n) is 5.10. The fraction of sp³-hybridized carbons (Fsp3) is 0.583. The molecule has 0 spiro atoms. The van der Waals surface area contributed by atoms with Gasteiger partial charge in [-0.3, -0.25) is 0 Å². The lowest BCUT2D eigenvalue weighted by Crippen LogP contribution is -2.38. The molecule has 0 aromatic carbocycles. The molecular formula is C12H21N2O2+. The van der Waals surface area contributed by atoms with Gasteiger partial charge < -0.3 is 14.1 Å². The first-order valence-electron chi connectivity index (χ1n) is 5.44. The van der Waals surface area contributed by atoms with Crippen LogP contribution in [0.3, 0.4) is 0 Å². The van der Waals surface area contributed by atoms with Crippen LogP contribution in [0.25, 0.3) is 0 Å². The average Bonchev–Trinajstić information content (AvgIpc) is 2.15. The smallest absolute Gasteiger partial charge is 0.336 e. The molecular weight excluding hydrogens is 204 g/mol. The van der Waals surface area contributed by atoms with Gasteiger partial charge in [0.25, 0.3) is 0 Å². The third kappa shape index (κ3) is 4.49. The van der Waals surface area contributed by atoms with E-state index in [4.69, 9.17) is 4.74 Å². The normalized spacial score (nSPS) is 16.0. The standard InChI is InChI=1S/C12H21N2O2/c1-13-7-5-6-11(10-13)12(15)16-9-8-14(2,3)4/h5-7H,8-10H2,1-4H3/q+1. The summed E-state index contributed by atoms with van der Waals surface area (Å²) in [6.45, 7) is 1.91. The van der Waals surface area contributed by atoms with Crippen LogP contribution >= 0.6 is 0 Å². The second-order valence-corrected chi connectivity index (χ2v) is 5.10. The number of carbonyl (C=O) groups is 1. The maximum Gasteiger partial charge on any atom is 0.336 e. The summed E-state index contributed by atoms with van der Waals surface area (Å²) in [6, 6.07) is 0. The third-order valence-electron chi connectivity index (χ3n) is 2.32. The number of hydrogen-bond acceptors (Lipinski definition) is 3. The Morgan fingerprint density at radius 2 is 2.19 bits per heavy atom. The number of allylic oxidation sites excluding steroid dienone is 2. The molecule has 4 heteroatoms. The van der Waals surface area contributed by atoms with E-state index in [9.17, 15) is 4.79 Å². The van der Waals surface area contributed by atoms with E-state index in [1.54, 1.807) is 0 Å². The first-order chi connectivity index (χ1) is 7.38. The molecule has 0 saturated carbocycles. The molecule has 1 rings (SSSR count). The number of esters is 1. The summed E-state index contributed by atoms with van der Waals surface area (Å²) < 4.78 is 6.02. The van der Waals surface area contributed by atoms with E-state index in [-0.39, 0.29) is 5.97 Å². The number of ether oxygens (including phenoxy) is 1. The summed E-state index contributed by atoms with van der Waals surface area (Å²) >= 11 is 0. The summed E-state index contributed by atoms with van der Waals surface area (Å²) in [5, 5.41) is 0. The Kier molecular flexibility index (Phi) is 4.12. The molecule has 0 saturated heterocycles. The van der Waals surface area contributed by atoms with Crippen LogP contribution in [-0.2, 0) is 9.53 Å². The Balaban J connectivity index is 2.36. The van der Waals surface area contributed by atoms with Gasteiger partial charge in [0.05, 0.1) is 26.7 Å². The van der Waals surface area contributed by atoms with Crippen molar-refractivity contribution in [2.24, 2.45) is 0 Å². The average molecular weight is 225 g/mol. The number of likely N-dealkylation sites (N-methyl/N-ethyl adjacent to an activating group) is 2. The quantitative estimate of drug-likeness (QED) is 0.519. The van der Waals surface area contributed by atoms with Crippen LogP contribution in [0.15, 0.2) is 23.9 Å². The molecule has 1 heterocycles. The fourth-order valence-electron chi connectivity index (χ4n) is 1.32. The maximum atomic E-state index is 11.7. The highest BCUT2D eigenvalue weighted by molar-refractivity contribution is 5.89. The topological polar surface area (TPSA) is 29.5 Å². The summed E-state index contributed by atoms with van der Waals surface area (Å²) in [5.74, 6) is -0.204. The van der Waals surface area contributed by atoms with Gasteiger partial charge in [0.1, 0.15) is 13.2 Å². The molecule has 4 nitrogen and oxygen atoms in total. The fourth-order valence-corrected chi connectivity index (χ4v) is 1.32. The van der Waals surface area contributed by atoms with Gasteiger partial charge in [0.2, 0.25) is 0 Å². The number of hydrogen-bond donors (Lipinski definition) is 0. The zero-order chi connectivity index (χ0) is 12.2. The molecule has 0 fully saturated rings. The predicted molar refractivity (Wildman–Crippen MR) is 63.7 cm³/mol. The van der Waals surface area contributed by atoms with Crippen molar-refractivity contribution in [3.8, 4) is 0 Å². The van der Waals surface area contributed by atoms with E-state index in [2.05, 4.69) is 21.1 Å². The highest BCUT2D eigenvalue weighted by Crippen LogP contribution is 2.07. The van der Waals surface area contributed by atoms with Crippen LogP contribution in [0.4, 0.5) is 0 Å². The molecule has 0 bridgehead atoms. The van der Waals surface area contributed by atoms with Gasteiger partial charge in [-0.05, 0) is 18.4 Å². The monoisotopic (exact) mass is 225 g/mol. The van der Waals surface area contributed by atoms with Crippen molar-refractivity contribution in [1.82, 2.24) is 4.90 Å². The van der Waals surface area contributed by atoms with Gasteiger partial charge in [0.15, 0.2) is 0 Å². The number of rotatable bonds is 4. The van der Waals surface area contributed by atoms with Gasteiger partial charge in [-0.2, -0.15) is 0 Å². The van der Waals surface area contributed by atoms with Gasteiger partial charge in [-0.15, -0.1) is 0 Å². The van der Waals surface area contributed by atoms with Crippen molar-refractivity contribution in [2.75, 3.05) is 47.9 Å². The number of nitrogens with zero attached hydrogens (tertiary/aromatic N) is 2. The molecule has 0 N–H and O–H groups in total. The van der Waals surface area contributed by atoms with E-state index in [1.165, 1.54) is 0 Å². The predicted octanol–water partition coefficient (Wildman–Crippen LogP) is 0.621. The minimum absolute atomic E-state index is 0.204. The minimum atomic E-state index is -0.204. The zero-order valence-corrected chi connectivity index (χ0v) is 10.6. The molecule has 1 aliphatic heterocycles. The van der Waals surface area contributed by atoms with Gasteiger partial charge in [0, 0.05) is 13.6 Å². The summed E-state index contributed by atoms with van der Waals surface area (Å²) in [6.07, 6.45) is 5.61. The molecule has 90 valence electrons. The zero-order valence-electron chi connectivity index (χ0n) is 10.6. The van der Waals surface area contributed by atoms with E-state index in [1.807, 2.05) is 30.3 Å². The van der Waals surface area contributed by atoms with Crippen LogP contribution in [0.2, 0.25) is 0 Å². The van der Waals surface area contributed by atoms with Crippen molar-refractivity contribution >= 4 is 5.97 Å². The Hall–Kier alpha value is -1.29. The molecule has 0 unspecified atom stereocenters. The van der Waals surface area contributed by atoms with Crippen LogP contribution in [0.5, 0.6) is 0 Å². The van der Waals surface area contributed by atoms with Gasteiger partial charge in [-0.25, -0.2) is 4.79 Å².